The Balaban J connectivity index is 0.000000346. The van der Waals surface area contributed by atoms with Crippen molar-refractivity contribution < 1.29 is 40.2 Å². The first-order valence-electron chi connectivity index (χ1n) is 23.5. The van der Waals surface area contributed by atoms with Gasteiger partial charge in [0, 0.05) is 54.2 Å². The van der Waals surface area contributed by atoms with Gasteiger partial charge >= 0.3 is 0 Å². The smallest absolute Gasteiger partial charge is 0.294 e. The number of methoxy groups -OCH3 is 2. The molecule has 0 amide bonds. The number of isothiocyanates is 1. The Morgan fingerprint density at radius 3 is 1.56 bits per heavy atom. The topological polar surface area (TPSA) is 248 Å². The molecular weight excluding hydrogens is 1180 g/mol. The van der Waals surface area contributed by atoms with Crippen LogP contribution >= 0.6 is 63.9 Å². The lowest BCUT2D eigenvalue weighted by Gasteiger charge is -2.10. The fourth-order valence-corrected chi connectivity index (χ4v) is 8.87. The number of nitrogen functional groups attached to an aromatic ring is 1. The van der Waals surface area contributed by atoms with E-state index in [4.69, 9.17) is 48.7 Å². The van der Waals surface area contributed by atoms with E-state index >= 15 is 0 Å². The number of nitrogens with zero attached hydrogens (tertiary/aromatic N) is 3. The number of halogens is 1. The molecule has 24 heteroatoms. The van der Waals surface area contributed by atoms with Crippen LogP contribution in [0, 0.1) is 0 Å². The molecule has 78 heavy (non-hydrogen) atoms. The van der Waals surface area contributed by atoms with Crippen LogP contribution in [0.25, 0.3) is 11.3 Å². The lowest BCUT2D eigenvalue weighted by molar-refractivity contribution is 0.102. The van der Waals surface area contributed by atoms with Crippen molar-refractivity contribution in [2.75, 3.05) is 55.6 Å². The molecule has 17 nitrogen and oxygen atoms in total. The van der Waals surface area contributed by atoms with Crippen molar-refractivity contribution >= 4 is 128 Å². The minimum Gasteiger partial charge on any atom is -0.496 e. The number of nitrogens with two attached hydrogens (primary N) is 1. The van der Waals surface area contributed by atoms with E-state index in [1.165, 1.54) is 47.7 Å². The van der Waals surface area contributed by atoms with Crippen molar-refractivity contribution in [3.8, 4) is 22.8 Å². The van der Waals surface area contributed by atoms with Crippen LogP contribution in [0.1, 0.15) is 38.1 Å². The van der Waals surface area contributed by atoms with Crippen LogP contribution in [0.2, 0.25) is 0 Å². The maximum absolute atomic E-state index is 11.3. The normalized spacial score (nSPS) is 10.3. The number of hydrogen-bond acceptors (Lipinski definition) is 14. The van der Waals surface area contributed by atoms with Crippen LogP contribution in [0.5, 0.6) is 11.5 Å². The van der Waals surface area contributed by atoms with Gasteiger partial charge in [0.25, 0.3) is 20.2 Å². The first-order chi connectivity index (χ1) is 37.3. The first kappa shape index (κ1) is 67.4. The van der Waals surface area contributed by atoms with Gasteiger partial charge < -0.3 is 41.0 Å². The summed E-state index contributed by atoms with van der Waals surface area (Å²) in [5.41, 5.74) is 11.1. The lowest BCUT2D eigenvalue weighted by Crippen LogP contribution is -2.27. The van der Waals surface area contributed by atoms with Gasteiger partial charge in [0.1, 0.15) is 11.5 Å². The van der Waals surface area contributed by atoms with Crippen molar-refractivity contribution in [3.05, 3.63) is 173 Å². The molecule has 0 fully saturated rings. The number of para-hydroxylation sites is 4. The summed E-state index contributed by atoms with van der Waals surface area (Å²) in [6, 6.07) is 45.8. The number of ketones is 1. The number of thiazole rings is 1. The fourth-order valence-electron chi connectivity index (χ4n) is 5.97. The van der Waals surface area contributed by atoms with Gasteiger partial charge in [-0.05, 0) is 161 Å². The highest BCUT2D eigenvalue weighted by atomic mass is 79.9. The Hall–Kier alpha value is -6.70. The van der Waals surface area contributed by atoms with Gasteiger partial charge in [0.2, 0.25) is 0 Å². The molecule has 0 aliphatic carbocycles. The molecule has 0 atom stereocenters. The third kappa shape index (κ3) is 25.6. The largest absolute Gasteiger partial charge is 0.496 e. The van der Waals surface area contributed by atoms with Crippen LogP contribution in [0.15, 0.2) is 183 Å². The van der Waals surface area contributed by atoms with E-state index in [2.05, 4.69) is 69.1 Å². The summed E-state index contributed by atoms with van der Waals surface area (Å²) in [4.78, 5) is 19.9. The van der Waals surface area contributed by atoms with E-state index in [1.54, 1.807) is 38.5 Å². The molecule has 0 spiro atoms. The summed E-state index contributed by atoms with van der Waals surface area (Å²) in [5.74, 6) is 1.45. The second kappa shape index (κ2) is 37.2. The quantitative estimate of drug-likeness (QED) is 0.0134. The van der Waals surface area contributed by atoms with Crippen molar-refractivity contribution in [1.29, 1.82) is 0 Å². The van der Waals surface area contributed by atoms with Gasteiger partial charge in [-0.15, -0.1) is 11.3 Å². The summed E-state index contributed by atoms with van der Waals surface area (Å²) in [5, 5.41) is 17.5. The molecule has 1 heterocycles. The van der Waals surface area contributed by atoms with Crippen molar-refractivity contribution in [2.45, 2.75) is 44.0 Å². The average molecular weight is 1240 g/mol. The second-order valence-corrected chi connectivity index (χ2v) is 20.2. The number of thiocarbonyl (C=S) groups is 3. The number of aliphatic imine (C=N–C) groups is 1. The van der Waals surface area contributed by atoms with Crippen molar-refractivity contribution in [2.24, 2.45) is 9.98 Å². The Morgan fingerprint density at radius 2 is 1.14 bits per heavy atom. The summed E-state index contributed by atoms with van der Waals surface area (Å²) in [6.45, 7) is 10.9. The molecule has 0 radical (unpaired) electrons. The van der Waals surface area contributed by atoms with Crippen LogP contribution < -0.4 is 41.3 Å². The number of benzene rings is 6. The number of ether oxygens (including phenoxy) is 2. The highest BCUT2D eigenvalue weighted by molar-refractivity contribution is 9.09. The number of nitrogens with one attached hydrogen (secondary N) is 4. The Bertz CT molecular complexity index is 3270. The number of alkyl halides is 1. The predicted molar refractivity (Wildman–Crippen MR) is 331 cm³/mol. The molecule has 8 N–H and O–H groups in total. The molecular formula is C54H63BrN8O9S6. The second-order valence-electron chi connectivity index (χ2n) is 15.0. The molecule has 416 valence electrons. The summed E-state index contributed by atoms with van der Waals surface area (Å²) < 4.78 is 74.2. The van der Waals surface area contributed by atoms with Crippen molar-refractivity contribution in [3.63, 3.8) is 0 Å². The molecule has 0 bridgehead atoms. The van der Waals surface area contributed by atoms with Crippen LogP contribution in [-0.4, -0.2) is 90.9 Å². The molecule has 1 aromatic heterocycles. The summed E-state index contributed by atoms with van der Waals surface area (Å²) >= 11 is 18.8. The predicted octanol–water partition coefficient (Wildman–Crippen LogP) is 11.6. The third-order valence-electron chi connectivity index (χ3n) is 9.52. The monoisotopic (exact) mass is 1240 g/mol. The summed E-state index contributed by atoms with van der Waals surface area (Å²) in [6.07, 6.45) is 0. The van der Waals surface area contributed by atoms with Gasteiger partial charge in [-0.2, -0.15) is 16.8 Å². The molecule has 0 saturated heterocycles. The van der Waals surface area contributed by atoms with Gasteiger partial charge in [0.05, 0.1) is 51.4 Å². The zero-order valence-electron chi connectivity index (χ0n) is 43.6. The van der Waals surface area contributed by atoms with E-state index in [1.807, 2.05) is 130 Å². The number of Topliss-reactive ketones (excluding diaryl/α,β-unsaturated/α-hetero) is 1. The van der Waals surface area contributed by atoms with E-state index in [9.17, 15) is 21.6 Å². The number of carbonyl (C=O) groups is 1. The van der Waals surface area contributed by atoms with Gasteiger partial charge in [0.15, 0.2) is 20.8 Å². The molecule has 7 rings (SSSR count). The van der Waals surface area contributed by atoms with E-state index in [-0.39, 0.29) is 15.6 Å². The number of rotatable bonds is 14. The average Bonchev–Trinajstić information content (AvgIpc) is 3.85. The SMILES string of the molecule is CCN=C=S.CCNC(=S)Nc1ccc(S(=O)(=O)O)cc1.CCNC(=S)Nc1ccccc1.CCn1c(-c2ccccc2OC)csc1=Nc1ccc(S(=O)(=O)O)cc1.COc1ccccc1C(=O)CBr.Nc1ccccc1. The zero-order valence-corrected chi connectivity index (χ0v) is 50.1. The Kier molecular flexibility index (Phi) is 32.1. The Morgan fingerprint density at radius 1 is 0.679 bits per heavy atom. The van der Waals surface area contributed by atoms with Gasteiger partial charge in [-0.3, -0.25) is 13.9 Å². The number of aromatic nitrogens is 1. The molecule has 0 saturated carbocycles. The van der Waals surface area contributed by atoms with E-state index in [0.717, 1.165) is 52.8 Å². The maximum Gasteiger partial charge on any atom is 0.294 e. The van der Waals surface area contributed by atoms with Gasteiger partial charge in [-0.1, -0.05) is 76.6 Å². The standard InChI is InChI=1S/C18H18N2O4S2.C9H9BrO2.C9H12N2O3S2.C9H12N2S.C6H7N.C3H5NS/c1-3-20-16(15-6-4-5-7-17(15)24-2)12-25-18(20)19-13-8-10-14(11-9-13)26(21,22)23;1-12-9-5-3-2-4-7(9)8(11)6-10;1-2-10-9(15)11-7-3-5-8(6-4-7)16(12,13)14;1-2-10-9(12)11-8-6-4-3-5-7-8;7-6-4-2-1-3-5-6;1-2-4-3-5/h4-12H,3H2,1-2H3,(H,21,22,23);2-5H,6H2,1H3;3-6H,2H2,1H3,(H2,10,11,15)(H,12,13,14);3-7H,2H2,1H3,(H2,10,11,12);1-5H,7H2;2H2,1H3. The van der Waals surface area contributed by atoms with Crippen LogP contribution in [0.4, 0.5) is 22.7 Å². The highest BCUT2D eigenvalue weighted by Crippen LogP contribution is 2.30. The van der Waals surface area contributed by atoms with Crippen LogP contribution in [0.3, 0.4) is 0 Å². The fraction of sp³-hybridized carbons (Fsp3) is 0.204. The van der Waals surface area contributed by atoms with Crippen molar-refractivity contribution in [1.82, 2.24) is 15.2 Å². The third-order valence-corrected chi connectivity index (χ3v) is 13.3. The van der Waals surface area contributed by atoms with E-state index in [0.29, 0.717) is 44.8 Å². The zero-order chi connectivity index (χ0) is 57.9. The number of hydrogen-bond donors (Lipinski definition) is 7. The lowest BCUT2D eigenvalue weighted by atomic mass is 10.1. The Labute approximate surface area is 485 Å². The molecule has 7 aromatic rings. The number of carbonyl (C=O) groups excluding carboxylic acids is 1. The molecule has 6 aromatic carbocycles. The highest BCUT2D eigenvalue weighted by Gasteiger charge is 2.13. The number of anilines is 3. The molecule has 0 aliphatic heterocycles. The first-order valence-corrected chi connectivity index (χ1v) is 29.6. The maximum atomic E-state index is 11.3. The minimum atomic E-state index is -4.20. The summed E-state index contributed by atoms with van der Waals surface area (Å²) in [7, 11) is -5.14. The molecule has 0 unspecified atom stereocenters. The van der Waals surface area contributed by atoms with Gasteiger partial charge in [-0.25, -0.2) is 9.98 Å². The molecule has 0 aliphatic rings. The van der Waals surface area contributed by atoms with E-state index < -0.39 is 20.2 Å². The minimum absolute atomic E-state index is 0.0347. The van der Waals surface area contributed by atoms with Crippen LogP contribution in [-0.2, 0) is 26.8 Å².